The molecule has 0 aliphatic rings. The van der Waals surface area contributed by atoms with Crippen LogP contribution in [0.5, 0.6) is 11.5 Å². The normalized spacial score (nSPS) is 10.8. The average Bonchev–Trinajstić information content (AvgIpc) is 3.16. The van der Waals surface area contributed by atoms with Gasteiger partial charge in [-0.05, 0) is 78.4 Å². The number of esters is 1. The molecule has 154 valence electrons. The molecule has 2 aromatic carbocycles. The van der Waals surface area contributed by atoms with E-state index in [9.17, 15) is 9.59 Å². The van der Waals surface area contributed by atoms with E-state index in [2.05, 4.69) is 33.1 Å². The fourth-order valence-corrected chi connectivity index (χ4v) is 3.19. The van der Waals surface area contributed by atoms with Gasteiger partial charge < -0.3 is 13.9 Å². The summed E-state index contributed by atoms with van der Waals surface area (Å²) in [6.07, 6.45) is 2.92. The van der Waals surface area contributed by atoms with Crippen LogP contribution in [0.25, 0.3) is 0 Å². The third-order valence-corrected chi connectivity index (χ3v) is 4.99. The number of halogens is 1. The lowest BCUT2D eigenvalue weighted by Crippen LogP contribution is -2.17. The summed E-state index contributed by atoms with van der Waals surface area (Å²) in [5.74, 6) is 0.380. The maximum absolute atomic E-state index is 12.5. The zero-order valence-corrected chi connectivity index (χ0v) is 18.5. The summed E-state index contributed by atoms with van der Waals surface area (Å²) in [6, 6.07) is 13.8. The van der Waals surface area contributed by atoms with E-state index in [1.54, 1.807) is 43.3 Å². The average molecular weight is 518 g/mol. The van der Waals surface area contributed by atoms with Crippen molar-refractivity contribution in [2.24, 2.45) is 5.10 Å². The lowest BCUT2D eigenvalue weighted by molar-refractivity contribution is 0.0727. The minimum Gasteiger partial charge on any atom is -0.490 e. The summed E-state index contributed by atoms with van der Waals surface area (Å²) >= 11 is 2.09. The highest BCUT2D eigenvalue weighted by Gasteiger charge is 2.15. The first kappa shape index (κ1) is 21.6. The van der Waals surface area contributed by atoms with Crippen molar-refractivity contribution in [1.29, 1.82) is 0 Å². The Kier molecular flexibility index (Phi) is 7.23. The molecule has 0 aliphatic carbocycles. The molecule has 0 unspecified atom stereocenters. The molecule has 1 heterocycles. The van der Waals surface area contributed by atoms with Gasteiger partial charge in [0.05, 0.1) is 30.2 Å². The molecule has 0 atom stereocenters. The predicted molar refractivity (Wildman–Crippen MR) is 120 cm³/mol. The molecule has 3 rings (SSSR count). The molecule has 0 bridgehead atoms. The fourth-order valence-electron chi connectivity index (χ4n) is 2.59. The number of furan rings is 1. The molecule has 1 N–H and O–H groups in total. The van der Waals surface area contributed by atoms with Crippen LogP contribution in [0.3, 0.4) is 0 Å². The minimum atomic E-state index is -0.467. The molecule has 0 spiro atoms. The maximum atomic E-state index is 12.5. The van der Waals surface area contributed by atoms with Crippen molar-refractivity contribution < 1.29 is 23.5 Å². The Balaban J connectivity index is 1.73. The van der Waals surface area contributed by atoms with Crippen LogP contribution >= 0.6 is 22.6 Å². The van der Waals surface area contributed by atoms with Crippen LogP contribution in [0.1, 0.15) is 39.0 Å². The number of carbonyl (C=O) groups is 2. The van der Waals surface area contributed by atoms with Crippen LogP contribution < -0.4 is 14.9 Å². The maximum Gasteiger partial charge on any atom is 0.344 e. The van der Waals surface area contributed by atoms with Gasteiger partial charge in [-0.1, -0.05) is 12.1 Å². The van der Waals surface area contributed by atoms with Gasteiger partial charge in [0.25, 0.3) is 5.91 Å². The number of carbonyl (C=O) groups excluding carboxylic acids is 2. The highest BCUT2D eigenvalue weighted by Crippen LogP contribution is 2.29. The van der Waals surface area contributed by atoms with Crippen LogP contribution in [0.15, 0.2) is 64.3 Å². The monoisotopic (exact) mass is 518 g/mol. The van der Waals surface area contributed by atoms with E-state index in [0.29, 0.717) is 40.6 Å². The summed E-state index contributed by atoms with van der Waals surface area (Å²) in [4.78, 5) is 24.6. The van der Waals surface area contributed by atoms with Crippen molar-refractivity contribution in [1.82, 2.24) is 5.43 Å². The number of benzene rings is 2. The Bertz CT molecular complexity index is 1090. The minimum absolute atomic E-state index is 0.303. The van der Waals surface area contributed by atoms with Gasteiger partial charge >= 0.3 is 5.97 Å². The van der Waals surface area contributed by atoms with Crippen molar-refractivity contribution >= 4 is 40.7 Å². The van der Waals surface area contributed by atoms with Crippen molar-refractivity contribution in [3.63, 3.8) is 0 Å². The van der Waals surface area contributed by atoms with E-state index in [0.717, 1.165) is 3.57 Å². The number of hydrazone groups is 1. The molecule has 0 radical (unpaired) electrons. The predicted octanol–water partition coefficient (Wildman–Crippen LogP) is 4.57. The number of hydrogen-bond acceptors (Lipinski definition) is 6. The fraction of sp³-hybridized carbons (Fsp3) is 0.136. The van der Waals surface area contributed by atoms with Crippen LogP contribution in [0.4, 0.5) is 0 Å². The van der Waals surface area contributed by atoms with Gasteiger partial charge in [0.2, 0.25) is 0 Å². The zero-order valence-electron chi connectivity index (χ0n) is 16.3. The van der Waals surface area contributed by atoms with E-state index in [1.165, 1.54) is 12.5 Å². The second-order valence-electron chi connectivity index (χ2n) is 6.10. The van der Waals surface area contributed by atoms with Gasteiger partial charge in [-0.15, -0.1) is 0 Å². The van der Waals surface area contributed by atoms with Crippen LogP contribution in [-0.2, 0) is 0 Å². The van der Waals surface area contributed by atoms with E-state index < -0.39 is 5.97 Å². The summed E-state index contributed by atoms with van der Waals surface area (Å²) in [5.41, 5.74) is 4.00. The number of ether oxygens (including phenoxy) is 2. The summed E-state index contributed by atoms with van der Waals surface area (Å²) in [7, 11) is 0. The Morgan fingerprint density at radius 3 is 2.63 bits per heavy atom. The van der Waals surface area contributed by atoms with E-state index >= 15 is 0 Å². The Labute approximate surface area is 187 Å². The number of amides is 1. The molecule has 0 aliphatic heterocycles. The molecule has 1 amide bonds. The van der Waals surface area contributed by atoms with Gasteiger partial charge in [-0.3, -0.25) is 4.79 Å². The number of nitrogens with one attached hydrogen (secondary N) is 1. The van der Waals surface area contributed by atoms with Crippen LogP contribution in [0.2, 0.25) is 0 Å². The third kappa shape index (κ3) is 5.26. The van der Waals surface area contributed by atoms with Gasteiger partial charge in [-0.2, -0.15) is 5.10 Å². The van der Waals surface area contributed by atoms with E-state index in [1.807, 2.05) is 19.1 Å². The standard InChI is InChI=1S/C22H19IN2O5/c1-3-28-20-12-15(13-24-25-21(26)16-10-11-29-14(16)2)8-9-19(20)30-22(27)17-6-4-5-7-18(17)23/h4-13H,3H2,1-2H3,(H,25,26)/b24-13+. The molecule has 0 saturated carbocycles. The largest absolute Gasteiger partial charge is 0.490 e. The lowest BCUT2D eigenvalue weighted by Gasteiger charge is -2.12. The molecule has 0 fully saturated rings. The Morgan fingerprint density at radius 2 is 1.93 bits per heavy atom. The summed E-state index contributed by atoms with van der Waals surface area (Å²) in [5, 5.41) is 3.96. The zero-order chi connectivity index (χ0) is 21.5. The summed E-state index contributed by atoms with van der Waals surface area (Å²) in [6.45, 7) is 3.92. The number of hydrogen-bond donors (Lipinski definition) is 1. The topological polar surface area (TPSA) is 90.1 Å². The van der Waals surface area contributed by atoms with Crippen molar-refractivity contribution in [3.8, 4) is 11.5 Å². The van der Waals surface area contributed by atoms with Gasteiger partial charge in [0.1, 0.15) is 5.76 Å². The van der Waals surface area contributed by atoms with Crippen LogP contribution in [-0.4, -0.2) is 24.7 Å². The SMILES string of the molecule is CCOc1cc(/C=N/NC(=O)c2ccoc2C)ccc1OC(=O)c1ccccc1I. The molecule has 8 heteroatoms. The number of aryl methyl sites for hydroxylation is 1. The Morgan fingerprint density at radius 1 is 1.13 bits per heavy atom. The highest BCUT2D eigenvalue weighted by molar-refractivity contribution is 14.1. The quantitative estimate of drug-likeness (QED) is 0.163. The molecular weight excluding hydrogens is 499 g/mol. The Hall–Kier alpha value is -3.14. The highest BCUT2D eigenvalue weighted by atomic mass is 127. The van der Waals surface area contributed by atoms with Crippen LogP contribution in [0, 0.1) is 10.5 Å². The van der Waals surface area contributed by atoms with Crippen molar-refractivity contribution in [2.75, 3.05) is 6.61 Å². The van der Waals surface area contributed by atoms with Crippen molar-refractivity contribution in [3.05, 3.63) is 80.8 Å². The van der Waals surface area contributed by atoms with E-state index in [-0.39, 0.29) is 5.91 Å². The van der Waals surface area contributed by atoms with Gasteiger partial charge in [-0.25, -0.2) is 10.2 Å². The lowest BCUT2D eigenvalue weighted by atomic mass is 10.2. The molecular formula is C22H19IN2O5. The van der Waals surface area contributed by atoms with Gasteiger partial charge in [0, 0.05) is 3.57 Å². The van der Waals surface area contributed by atoms with Gasteiger partial charge in [0.15, 0.2) is 11.5 Å². The first-order chi connectivity index (χ1) is 14.5. The number of nitrogens with zero attached hydrogens (tertiary/aromatic N) is 1. The first-order valence-electron chi connectivity index (χ1n) is 9.10. The summed E-state index contributed by atoms with van der Waals surface area (Å²) < 4.78 is 17.0. The van der Waals surface area contributed by atoms with E-state index in [4.69, 9.17) is 13.9 Å². The molecule has 1 aromatic heterocycles. The molecule has 7 nitrogen and oxygen atoms in total. The molecule has 0 saturated heterocycles. The molecule has 3 aromatic rings. The second kappa shape index (κ2) is 10.1. The van der Waals surface area contributed by atoms with Crippen molar-refractivity contribution in [2.45, 2.75) is 13.8 Å². The second-order valence-corrected chi connectivity index (χ2v) is 7.26. The smallest absolute Gasteiger partial charge is 0.344 e. The first-order valence-corrected chi connectivity index (χ1v) is 10.2. The number of rotatable bonds is 7. The molecule has 30 heavy (non-hydrogen) atoms. The third-order valence-electron chi connectivity index (χ3n) is 4.05.